The van der Waals surface area contributed by atoms with Crippen LogP contribution in [-0.4, -0.2) is 5.78 Å². The minimum absolute atomic E-state index is 0.140. The second-order valence-corrected chi connectivity index (χ2v) is 3.46. The van der Waals surface area contributed by atoms with Gasteiger partial charge in [0.1, 0.15) is 0 Å². The molecule has 0 atom stereocenters. The Bertz CT molecular complexity index is 233. The van der Waals surface area contributed by atoms with Crippen molar-refractivity contribution in [3.8, 4) is 0 Å². The summed E-state index contributed by atoms with van der Waals surface area (Å²) in [5.74, 6) is 0.140. The lowest BCUT2D eigenvalue weighted by molar-refractivity contribution is -0.112. The van der Waals surface area contributed by atoms with E-state index in [1.807, 2.05) is 6.08 Å². The molecule has 0 bridgehead atoms. The Morgan fingerprint density at radius 2 is 2.00 bits per heavy atom. The normalized spacial score (nSPS) is 18.8. The average molecular weight is 164 g/mol. The topological polar surface area (TPSA) is 17.1 Å². The van der Waals surface area contributed by atoms with E-state index < -0.39 is 0 Å². The lowest BCUT2D eigenvalue weighted by Crippen LogP contribution is -1.95. The fourth-order valence-corrected chi connectivity index (χ4v) is 1.52. The Morgan fingerprint density at radius 1 is 1.33 bits per heavy atom. The summed E-state index contributed by atoms with van der Waals surface area (Å²) in [4.78, 5) is 10.7. The molecule has 0 aromatic rings. The highest BCUT2D eigenvalue weighted by Gasteiger charge is 2.05. The van der Waals surface area contributed by atoms with E-state index in [2.05, 4.69) is 6.92 Å². The molecule has 0 radical (unpaired) electrons. The Morgan fingerprint density at radius 3 is 2.58 bits per heavy atom. The summed E-state index contributed by atoms with van der Waals surface area (Å²) in [7, 11) is 0. The fourth-order valence-electron chi connectivity index (χ4n) is 1.52. The zero-order valence-corrected chi connectivity index (χ0v) is 7.89. The maximum absolute atomic E-state index is 10.7. The van der Waals surface area contributed by atoms with Crippen molar-refractivity contribution in [1.82, 2.24) is 0 Å². The van der Waals surface area contributed by atoms with Crippen LogP contribution in [0.2, 0.25) is 0 Å². The summed E-state index contributed by atoms with van der Waals surface area (Å²) >= 11 is 0. The van der Waals surface area contributed by atoms with Crippen LogP contribution in [0.1, 0.15) is 39.5 Å². The van der Waals surface area contributed by atoms with Crippen LogP contribution >= 0.6 is 0 Å². The lowest BCUT2D eigenvalue weighted by atomic mass is 9.92. The van der Waals surface area contributed by atoms with Crippen molar-refractivity contribution in [3.05, 3.63) is 23.3 Å². The number of carbonyl (C=O) groups excluding carboxylic acids is 1. The summed E-state index contributed by atoms with van der Waals surface area (Å²) in [6.07, 6.45) is 8.59. The standard InChI is InChI=1S/C11H16O/c1-9-5-3-4-6-11(9)8-7-10(2)12/h7-8H,3-6H2,1-2H3/b8-7+. The number of ketones is 1. The van der Waals surface area contributed by atoms with Gasteiger partial charge in [-0.1, -0.05) is 11.6 Å². The maximum Gasteiger partial charge on any atom is 0.152 e. The molecule has 0 saturated heterocycles. The first-order chi connectivity index (χ1) is 5.70. The van der Waals surface area contributed by atoms with Crippen LogP contribution in [0.3, 0.4) is 0 Å². The Hall–Kier alpha value is -0.850. The molecule has 12 heavy (non-hydrogen) atoms. The molecule has 0 fully saturated rings. The SMILES string of the molecule is CC(=O)/C=C/C1=C(C)CCCC1. The van der Waals surface area contributed by atoms with Gasteiger partial charge in [-0.3, -0.25) is 4.79 Å². The zero-order valence-electron chi connectivity index (χ0n) is 7.89. The predicted octanol–water partition coefficient (Wildman–Crippen LogP) is 3.02. The largest absolute Gasteiger partial charge is 0.295 e. The third-order valence-corrected chi connectivity index (χ3v) is 2.32. The zero-order chi connectivity index (χ0) is 8.97. The monoisotopic (exact) mass is 164 g/mol. The van der Waals surface area contributed by atoms with Gasteiger partial charge >= 0.3 is 0 Å². The Labute approximate surface area is 74.2 Å². The molecule has 1 aliphatic rings. The van der Waals surface area contributed by atoms with E-state index >= 15 is 0 Å². The highest BCUT2D eigenvalue weighted by molar-refractivity contribution is 5.87. The van der Waals surface area contributed by atoms with Crippen LogP contribution in [0.15, 0.2) is 23.3 Å². The van der Waals surface area contributed by atoms with Crippen LogP contribution < -0.4 is 0 Å². The van der Waals surface area contributed by atoms with Crippen molar-refractivity contribution in [2.45, 2.75) is 39.5 Å². The highest BCUT2D eigenvalue weighted by Crippen LogP contribution is 2.24. The number of hydrogen-bond acceptors (Lipinski definition) is 1. The predicted molar refractivity (Wildman–Crippen MR) is 51.0 cm³/mol. The summed E-state index contributed by atoms with van der Waals surface area (Å²) in [5.41, 5.74) is 2.83. The van der Waals surface area contributed by atoms with Gasteiger partial charge < -0.3 is 0 Å². The number of allylic oxidation sites excluding steroid dienone is 4. The van der Waals surface area contributed by atoms with Gasteiger partial charge in [-0.05, 0) is 51.2 Å². The molecule has 0 heterocycles. The molecule has 1 heteroatoms. The molecule has 1 rings (SSSR count). The first-order valence-corrected chi connectivity index (χ1v) is 4.57. The van der Waals surface area contributed by atoms with Crippen LogP contribution in [0, 0.1) is 0 Å². The van der Waals surface area contributed by atoms with Crippen LogP contribution in [0.25, 0.3) is 0 Å². The minimum Gasteiger partial charge on any atom is -0.295 e. The summed E-state index contributed by atoms with van der Waals surface area (Å²) in [5, 5.41) is 0. The summed E-state index contributed by atoms with van der Waals surface area (Å²) in [6, 6.07) is 0. The van der Waals surface area contributed by atoms with Gasteiger partial charge in [0.2, 0.25) is 0 Å². The molecule has 0 N–H and O–H groups in total. The first-order valence-electron chi connectivity index (χ1n) is 4.57. The van der Waals surface area contributed by atoms with Crippen molar-refractivity contribution in [3.63, 3.8) is 0 Å². The third-order valence-electron chi connectivity index (χ3n) is 2.32. The van der Waals surface area contributed by atoms with Crippen molar-refractivity contribution < 1.29 is 4.79 Å². The fraction of sp³-hybridized carbons (Fsp3) is 0.545. The second-order valence-electron chi connectivity index (χ2n) is 3.46. The molecular formula is C11H16O. The quantitative estimate of drug-likeness (QED) is 0.573. The molecule has 0 amide bonds. The molecule has 0 aliphatic heterocycles. The molecule has 0 saturated carbocycles. The van der Waals surface area contributed by atoms with Crippen molar-refractivity contribution in [2.75, 3.05) is 0 Å². The molecule has 66 valence electrons. The molecule has 0 aromatic carbocycles. The first kappa shape index (κ1) is 9.24. The van der Waals surface area contributed by atoms with Gasteiger partial charge in [0.15, 0.2) is 5.78 Å². The second kappa shape index (κ2) is 4.24. The molecule has 1 aliphatic carbocycles. The average Bonchev–Trinajstić information content (AvgIpc) is 2.03. The molecule has 1 nitrogen and oxygen atoms in total. The summed E-state index contributed by atoms with van der Waals surface area (Å²) in [6.45, 7) is 3.76. The third kappa shape index (κ3) is 2.65. The molecule has 0 unspecified atom stereocenters. The van der Waals surface area contributed by atoms with Gasteiger partial charge in [-0.2, -0.15) is 0 Å². The Balaban J connectivity index is 2.66. The smallest absolute Gasteiger partial charge is 0.152 e. The number of rotatable bonds is 2. The van der Waals surface area contributed by atoms with Gasteiger partial charge in [-0.15, -0.1) is 0 Å². The molecular weight excluding hydrogens is 148 g/mol. The van der Waals surface area contributed by atoms with E-state index in [4.69, 9.17) is 0 Å². The van der Waals surface area contributed by atoms with Crippen molar-refractivity contribution in [2.24, 2.45) is 0 Å². The number of hydrogen-bond donors (Lipinski definition) is 0. The lowest BCUT2D eigenvalue weighted by Gasteiger charge is -2.14. The minimum atomic E-state index is 0.140. The maximum atomic E-state index is 10.7. The van der Waals surface area contributed by atoms with Crippen LogP contribution in [-0.2, 0) is 4.79 Å². The van der Waals surface area contributed by atoms with Crippen LogP contribution in [0.4, 0.5) is 0 Å². The number of carbonyl (C=O) groups is 1. The van der Waals surface area contributed by atoms with Gasteiger partial charge in [-0.25, -0.2) is 0 Å². The Kier molecular flexibility index (Phi) is 3.27. The summed E-state index contributed by atoms with van der Waals surface area (Å²) < 4.78 is 0. The molecule has 0 spiro atoms. The van der Waals surface area contributed by atoms with Crippen molar-refractivity contribution >= 4 is 5.78 Å². The van der Waals surface area contributed by atoms with E-state index in [0.29, 0.717) is 0 Å². The van der Waals surface area contributed by atoms with Crippen LogP contribution in [0.5, 0.6) is 0 Å². The van der Waals surface area contributed by atoms with E-state index in [1.54, 1.807) is 13.0 Å². The highest BCUT2D eigenvalue weighted by atomic mass is 16.1. The van der Waals surface area contributed by atoms with Gasteiger partial charge in [0.25, 0.3) is 0 Å². The van der Waals surface area contributed by atoms with E-state index in [1.165, 1.54) is 30.4 Å². The van der Waals surface area contributed by atoms with Crippen molar-refractivity contribution in [1.29, 1.82) is 0 Å². The van der Waals surface area contributed by atoms with Gasteiger partial charge in [0.05, 0.1) is 0 Å². The van der Waals surface area contributed by atoms with Gasteiger partial charge in [0, 0.05) is 0 Å². The van der Waals surface area contributed by atoms with E-state index in [-0.39, 0.29) is 5.78 Å². The van der Waals surface area contributed by atoms with E-state index in [0.717, 1.165) is 6.42 Å². The molecule has 0 aromatic heterocycles. The van der Waals surface area contributed by atoms with E-state index in [9.17, 15) is 4.79 Å².